The van der Waals surface area contributed by atoms with Crippen LogP contribution in [0.15, 0.2) is 42.5 Å². The summed E-state index contributed by atoms with van der Waals surface area (Å²) >= 11 is 0. The van der Waals surface area contributed by atoms with Crippen molar-refractivity contribution < 1.29 is 9.59 Å². The molecule has 0 aliphatic carbocycles. The molecule has 2 rings (SSSR count). The second-order valence-electron chi connectivity index (χ2n) is 5.92. The molecule has 0 unspecified atom stereocenters. The van der Waals surface area contributed by atoms with Crippen molar-refractivity contribution in [1.82, 2.24) is 5.32 Å². The molecule has 2 aromatic rings. The van der Waals surface area contributed by atoms with Gasteiger partial charge < -0.3 is 5.32 Å². The van der Waals surface area contributed by atoms with E-state index in [1.807, 2.05) is 57.2 Å². The molecule has 0 atom stereocenters. The lowest BCUT2D eigenvalue weighted by molar-refractivity contribution is -0.125. The zero-order chi connectivity index (χ0) is 14.8. The molecule has 0 heterocycles. The van der Waals surface area contributed by atoms with Crippen LogP contribution < -0.4 is 5.32 Å². The summed E-state index contributed by atoms with van der Waals surface area (Å²) in [7, 11) is 0. The van der Waals surface area contributed by atoms with Gasteiger partial charge in [-0.1, -0.05) is 51.1 Å². The largest absolute Gasteiger partial charge is 0.345 e. The smallest absolute Gasteiger partial charge is 0.251 e. The van der Waals surface area contributed by atoms with Crippen molar-refractivity contribution in [2.24, 2.45) is 5.41 Å². The van der Waals surface area contributed by atoms with E-state index in [0.717, 1.165) is 10.8 Å². The number of ketones is 1. The number of amides is 1. The van der Waals surface area contributed by atoms with Crippen molar-refractivity contribution in [2.45, 2.75) is 20.8 Å². The summed E-state index contributed by atoms with van der Waals surface area (Å²) in [6.45, 7) is 5.60. The Labute approximate surface area is 119 Å². The molecule has 2 aromatic carbocycles. The van der Waals surface area contributed by atoms with Crippen LogP contribution in [0.25, 0.3) is 10.8 Å². The van der Waals surface area contributed by atoms with E-state index >= 15 is 0 Å². The Hall–Kier alpha value is -2.16. The Morgan fingerprint density at radius 3 is 2.30 bits per heavy atom. The fourth-order valence-electron chi connectivity index (χ4n) is 1.86. The van der Waals surface area contributed by atoms with Gasteiger partial charge >= 0.3 is 0 Å². The number of nitrogens with one attached hydrogen (secondary N) is 1. The summed E-state index contributed by atoms with van der Waals surface area (Å²) in [5.41, 5.74) is 0.141. The summed E-state index contributed by atoms with van der Waals surface area (Å²) in [5.74, 6) is -0.194. The van der Waals surface area contributed by atoms with Gasteiger partial charge in [-0.25, -0.2) is 0 Å². The van der Waals surface area contributed by atoms with Gasteiger partial charge in [-0.05, 0) is 22.9 Å². The highest BCUT2D eigenvalue weighted by atomic mass is 16.2. The van der Waals surface area contributed by atoms with Gasteiger partial charge in [0, 0.05) is 11.0 Å². The Balaban J connectivity index is 2.10. The van der Waals surface area contributed by atoms with Crippen LogP contribution in [-0.4, -0.2) is 18.2 Å². The van der Waals surface area contributed by atoms with Gasteiger partial charge in [0.15, 0.2) is 5.78 Å². The molecule has 0 saturated heterocycles. The van der Waals surface area contributed by atoms with E-state index in [0.29, 0.717) is 5.56 Å². The first-order valence-electron chi connectivity index (χ1n) is 6.68. The van der Waals surface area contributed by atoms with Crippen LogP contribution >= 0.6 is 0 Å². The predicted octanol–water partition coefficient (Wildman–Crippen LogP) is 3.18. The van der Waals surface area contributed by atoms with Gasteiger partial charge in [-0.15, -0.1) is 0 Å². The fourth-order valence-corrected chi connectivity index (χ4v) is 1.86. The maximum Gasteiger partial charge on any atom is 0.251 e. The summed E-state index contributed by atoms with van der Waals surface area (Å²) in [5, 5.41) is 4.79. The molecule has 1 N–H and O–H groups in total. The minimum absolute atomic E-state index is 0.0200. The standard InChI is InChI=1S/C17H19NO2/c1-17(2,3)15(19)11-18-16(20)14-9-8-12-6-4-5-7-13(12)10-14/h4-10H,11H2,1-3H3,(H,18,20). The summed E-state index contributed by atoms with van der Waals surface area (Å²) < 4.78 is 0. The van der Waals surface area contributed by atoms with Gasteiger partial charge in [0.05, 0.1) is 6.54 Å². The molecule has 0 aromatic heterocycles. The molecular formula is C17H19NO2. The molecule has 104 valence electrons. The predicted molar refractivity (Wildman–Crippen MR) is 80.7 cm³/mol. The molecular weight excluding hydrogens is 250 g/mol. The van der Waals surface area contributed by atoms with Crippen molar-refractivity contribution in [3.63, 3.8) is 0 Å². The first-order chi connectivity index (χ1) is 9.38. The monoisotopic (exact) mass is 269 g/mol. The second kappa shape index (κ2) is 5.45. The van der Waals surface area contributed by atoms with Crippen LogP contribution in [-0.2, 0) is 4.79 Å². The normalized spacial score (nSPS) is 11.3. The Kier molecular flexibility index (Phi) is 3.89. The second-order valence-corrected chi connectivity index (χ2v) is 5.92. The quantitative estimate of drug-likeness (QED) is 0.930. The summed E-state index contributed by atoms with van der Waals surface area (Å²) in [6.07, 6.45) is 0. The van der Waals surface area contributed by atoms with E-state index in [2.05, 4.69) is 5.32 Å². The van der Waals surface area contributed by atoms with E-state index in [4.69, 9.17) is 0 Å². The molecule has 1 amide bonds. The van der Waals surface area contributed by atoms with Crippen LogP contribution in [0.3, 0.4) is 0 Å². The SMILES string of the molecule is CC(C)(C)C(=O)CNC(=O)c1ccc2ccccc2c1. The first-order valence-corrected chi connectivity index (χ1v) is 6.68. The number of Topliss-reactive ketones (excluding diaryl/α,β-unsaturated/α-hetero) is 1. The van der Waals surface area contributed by atoms with Gasteiger partial charge in [-0.3, -0.25) is 9.59 Å². The van der Waals surface area contributed by atoms with Gasteiger partial charge in [0.2, 0.25) is 0 Å². The van der Waals surface area contributed by atoms with Crippen LogP contribution in [0.5, 0.6) is 0 Å². The van der Waals surface area contributed by atoms with E-state index in [1.165, 1.54) is 0 Å². The zero-order valence-electron chi connectivity index (χ0n) is 12.1. The average Bonchev–Trinajstić information content (AvgIpc) is 2.42. The van der Waals surface area contributed by atoms with Crippen molar-refractivity contribution in [3.8, 4) is 0 Å². The third-order valence-electron chi connectivity index (χ3n) is 3.26. The molecule has 0 aliphatic rings. The Morgan fingerprint density at radius 2 is 1.65 bits per heavy atom. The number of carbonyl (C=O) groups is 2. The lowest BCUT2D eigenvalue weighted by atomic mass is 9.91. The summed E-state index contributed by atoms with van der Waals surface area (Å²) in [6, 6.07) is 13.4. The maximum absolute atomic E-state index is 12.1. The van der Waals surface area contributed by atoms with Crippen molar-refractivity contribution in [3.05, 3.63) is 48.0 Å². The van der Waals surface area contributed by atoms with Crippen LogP contribution in [0.4, 0.5) is 0 Å². The number of hydrogen-bond donors (Lipinski definition) is 1. The Morgan fingerprint density at radius 1 is 1.00 bits per heavy atom. The molecule has 3 nitrogen and oxygen atoms in total. The van der Waals surface area contributed by atoms with E-state index in [1.54, 1.807) is 6.07 Å². The van der Waals surface area contributed by atoms with Crippen molar-refractivity contribution in [1.29, 1.82) is 0 Å². The number of benzene rings is 2. The highest BCUT2D eigenvalue weighted by molar-refractivity contribution is 6.00. The molecule has 20 heavy (non-hydrogen) atoms. The minimum atomic E-state index is -0.434. The third-order valence-corrected chi connectivity index (χ3v) is 3.26. The maximum atomic E-state index is 12.1. The fraction of sp³-hybridized carbons (Fsp3) is 0.294. The van der Waals surface area contributed by atoms with Crippen molar-refractivity contribution in [2.75, 3.05) is 6.54 Å². The van der Waals surface area contributed by atoms with E-state index < -0.39 is 5.41 Å². The average molecular weight is 269 g/mol. The molecule has 0 spiro atoms. The lowest BCUT2D eigenvalue weighted by Gasteiger charge is -2.16. The first kappa shape index (κ1) is 14.3. The molecule has 3 heteroatoms. The van der Waals surface area contributed by atoms with Crippen LogP contribution in [0, 0.1) is 5.41 Å². The molecule has 0 aliphatic heterocycles. The molecule has 0 saturated carbocycles. The van der Waals surface area contributed by atoms with Crippen LogP contribution in [0.1, 0.15) is 31.1 Å². The Bertz CT molecular complexity index is 653. The van der Waals surface area contributed by atoms with E-state index in [9.17, 15) is 9.59 Å². The third kappa shape index (κ3) is 3.23. The van der Waals surface area contributed by atoms with Gasteiger partial charge in [0.1, 0.15) is 0 Å². The van der Waals surface area contributed by atoms with Gasteiger partial charge in [-0.2, -0.15) is 0 Å². The number of hydrogen-bond acceptors (Lipinski definition) is 2. The molecule has 0 fully saturated rings. The van der Waals surface area contributed by atoms with Gasteiger partial charge in [0.25, 0.3) is 5.91 Å². The van der Waals surface area contributed by atoms with E-state index in [-0.39, 0.29) is 18.2 Å². The van der Waals surface area contributed by atoms with Crippen LogP contribution in [0.2, 0.25) is 0 Å². The topological polar surface area (TPSA) is 46.2 Å². The highest BCUT2D eigenvalue weighted by Gasteiger charge is 2.21. The number of rotatable bonds is 3. The molecule has 0 bridgehead atoms. The number of carbonyl (C=O) groups excluding carboxylic acids is 2. The highest BCUT2D eigenvalue weighted by Crippen LogP contribution is 2.16. The van der Waals surface area contributed by atoms with Crippen molar-refractivity contribution >= 4 is 22.5 Å². The number of fused-ring (bicyclic) bond motifs is 1. The zero-order valence-corrected chi connectivity index (χ0v) is 12.1. The minimum Gasteiger partial charge on any atom is -0.345 e. The molecule has 0 radical (unpaired) electrons. The summed E-state index contributed by atoms with van der Waals surface area (Å²) in [4.78, 5) is 23.9. The lowest BCUT2D eigenvalue weighted by Crippen LogP contribution is -2.35.